The number of hydrogen-bond donors (Lipinski definition) is 1. The summed E-state index contributed by atoms with van der Waals surface area (Å²) in [6, 6.07) is 8.05. The summed E-state index contributed by atoms with van der Waals surface area (Å²) < 4.78 is 0. The predicted octanol–water partition coefficient (Wildman–Crippen LogP) is 1.68. The number of benzene rings is 1. The third kappa shape index (κ3) is 2.33. The van der Waals surface area contributed by atoms with E-state index in [0.29, 0.717) is 0 Å². The van der Waals surface area contributed by atoms with E-state index < -0.39 is 0 Å². The zero-order chi connectivity index (χ0) is 8.39. The first-order chi connectivity index (χ1) is 5.90. The van der Waals surface area contributed by atoms with Gasteiger partial charge in [-0.3, -0.25) is 0 Å². The summed E-state index contributed by atoms with van der Waals surface area (Å²) >= 11 is 0. The van der Waals surface area contributed by atoms with Gasteiger partial charge in [0, 0.05) is 6.42 Å². The van der Waals surface area contributed by atoms with E-state index in [1.54, 1.807) is 0 Å². The Morgan fingerprint density at radius 1 is 1.31 bits per heavy atom. The Morgan fingerprint density at radius 2 is 2.08 bits per heavy atom. The molecule has 0 spiro atoms. The second-order valence-corrected chi connectivity index (χ2v) is 2.80. The molecule has 2 aromatic rings. The Bertz CT molecular complexity index is 348. The van der Waals surface area contributed by atoms with Crippen LogP contribution in [0.4, 0.5) is 0 Å². The van der Waals surface area contributed by atoms with Crippen LogP contribution in [0.1, 0.15) is 12.2 Å². The van der Waals surface area contributed by atoms with Gasteiger partial charge in [0.2, 0.25) is 0 Å². The number of aryl methyl sites for hydroxylation is 1. The topological polar surface area (TPSA) is 28.7 Å². The van der Waals surface area contributed by atoms with Gasteiger partial charge in [0.05, 0.1) is 11.0 Å². The molecule has 0 bridgehead atoms. The fourth-order valence-electron chi connectivity index (χ4n) is 1.29. The van der Waals surface area contributed by atoms with Crippen LogP contribution in [0.25, 0.3) is 11.0 Å². The first-order valence-electron chi connectivity index (χ1n) is 4.13. The van der Waals surface area contributed by atoms with Crippen LogP contribution >= 0.6 is 0 Å². The van der Waals surface area contributed by atoms with Gasteiger partial charge < -0.3 is 4.98 Å². The molecule has 0 saturated heterocycles. The Hall–Kier alpha value is -0.310. The third-order valence-electron chi connectivity index (χ3n) is 1.85. The van der Waals surface area contributed by atoms with Crippen molar-refractivity contribution in [2.45, 2.75) is 12.8 Å². The van der Waals surface area contributed by atoms with E-state index in [4.69, 9.17) is 0 Å². The molecule has 0 saturated carbocycles. The summed E-state index contributed by atoms with van der Waals surface area (Å²) in [5.74, 6) is 1.03. The van der Waals surface area contributed by atoms with E-state index in [1.165, 1.54) is 0 Å². The van der Waals surface area contributed by atoms with Crippen LogP contribution in [0.15, 0.2) is 24.3 Å². The van der Waals surface area contributed by atoms with Gasteiger partial charge in [0.1, 0.15) is 5.82 Å². The SMILES string of the molecule is [CH2]CCc1nc2ccccc2[nH]1.[NaH]. The molecule has 3 heteroatoms. The van der Waals surface area contributed by atoms with E-state index in [-0.39, 0.29) is 29.6 Å². The fraction of sp³-hybridized carbons (Fsp3) is 0.200. The third-order valence-corrected chi connectivity index (χ3v) is 1.85. The number of para-hydroxylation sites is 2. The van der Waals surface area contributed by atoms with Gasteiger partial charge in [0.25, 0.3) is 0 Å². The second kappa shape index (κ2) is 4.80. The molecule has 2 rings (SSSR count). The number of aromatic amines is 1. The molecule has 63 valence electrons. The van der Waals surface area contributed by atoms with Gasteiger partial charge in [-0.15, -0.1) is 0 Å². The quantitative estimate of drug-likeness (QED) is 0.705. The molecule has 0 atom stereocenters. The number of imidazole rings is 1. The number of nitrogens with one attached hydrogen (secondary N) is 1. The molecule has 2 nitrogen and oxygen atoms in total. The van der Waals surface area contributed by atoms with Crippen LogP contribution in [0.5, 0.6) is 0 Å². The normalized spacial score (nSPS) is 9.92. The maximum absolute atomic E-state index is 4.41. The minimum absolute atomic E-state index is 0. The summed E-state index contributed by atoms with van der Waals surface area (Å²) in [7, 11) is 0. The van der Waals surface area contributed by atoms with E-state index in [9.17, 15) is 0 Å². The van der Waals surface area contributed by atoms with Crippen LogP contribution in [0, 0.1) is 6.92 Å². The predicted molar refractivity (Wildman–Crippen MR) is 56.9 cm³/mol. The van der Waals surface area contributed by atoms with Crippen LogP contribution < -0.4 is 0 Å². The van der Waals surface area contributed by atoms with Crippen molar-refractivity contribution in [1.29, 1.82) is 0 Å². The zero-order valence-corrected chi connectivity index (χ0v) is 6.88. The van der Waals surface area contributed by atoms with Gasteiger partial charge in [-0.25, -0.2) is 4.98 Å². The summed E-state index contributed by atoms with van der Waals surface area (Å²) in [5, 5.41) is 0. The number of H-pyrrole nitrogens is 1. The van der Waals surface area contributed by atoms with Gasteiger partial charge >= 0.3 is 29.6 Å². The average Bonchev–Trinajstić information content (AvgIpc) is 2.47. The molecule has 0 aliphatic heterocycles. The number of fused-ring (bicyclic) bond motifs is 1. The van der Waals surface area contributed by atoms with Gasteiger partial charge in [-0.05, 0) is 18.6 Å². The number of rotatable bonds is 2. The molecule has 0 aliphatic carbocycles. The molecule has 0 amide bonds. The Balaban J connectivity index is 0.000000845. The molecule has 1 aromatic carbocycles. The van der Waals surface area contributed by atoms with Crippen molar-refractivity contribution in [2.75, 3.05) is 0 Å². The van der Waals surface area contributed by atoms with Crippen molar-refractivity contribution in [2.24, 2.45) is 0 Å². The summed E-state index contributed by atoms with van der Waals surface area (Å²) in [6.45, 7) is 3.79. The summed E-state index contributed by atoms with van der Waals surface area (Å²) in [6.07, 6.45) is 1.81. The van der Waals surface area contributed by atoms with Crippen LogP contribution in [-0.4, -0.2) is 39.5 Å². The Morgan fingerprint density at radius 3 is 2.77 bits per heavy atom. The monoisotopic (exact) mass is 183 g/mol. The molecule has 1 N–H and O–H groups in total. The molecular formula is C10H12N2Na. The molecule has 1 heterocycles. The fourth-order valence-corrected chi connectivity index (χ4v) is 1.29. The van der Waals surface area contributed by atoms with E-state index in [2.05, 4.69) is 16.9 Å². The van der Waals surface area contributed by atoms with E-state index in [1.807, 2.05) is 24.3 Å². The van der Waals surface area contributed by atoms with Crippen LogP contribution in [0.3, 0.4) is 0 Å². The molecule has 0 unspecified atom stereocenters. The molecule has 0 aliphatic rings. The molecular weight excluding hydrogens is 171 g/mol. The van der Waals surface area contributed by atoms with Gasteiger partial charge in [-0.2, -0.15) is 0 Å². The van der Waals surface area contributed by atoms with Crippen molar-refractivity contribution in [3.63, 3.8) is 0 Å². The Labute approximate surface area is 100 Å². The summed E-state index contributed by atoms with van der Waals surface area (Å²) in [5.41, 5.74) is 2.15. The average molecular weight is 183 g/mol. The van der Waals surface area contributed by atoms with Crippen molar-refractivity contribution in [1.82, 2.24) is 9.97 Å². The maximum atomic E-state index is 4.41. The minimum atomic E-state index is 0. The zero-order valence-electron chi connectivity index (χ0n) is 6.88. The van der Waals surface area contributed by atoms with Crippen LogP contribution in [-0.2, 0) is 6.42 Å². The summed E-state index contributed by atoms with van der Waals surface area (Å²) in [4.78, 5) is 7.65. The number of aromatic nitrogens is 2. The van der Waals surface area contributed by atoms with Crippen LogP contribution in [0.2, 0.25) is 0 Å². The second-order valence-electron chi connectivity index (χ2n) is 2.80. The molecule has 13 heavy (non-hydrogen) atoms. The van der Waals surface area contributed by atoms with Crippen molar-refractivity contribution in [3.8, 4) is 0 Å². The standard InChI is InChI=1S/C10H11N2.Na.H/c1-2-5-10-11-8-6-3-4-7-9(8)12-10;;/h3-4,6-7H,1-2,5H2,(H,11,12);;. The first-order valence-corrected chi connectivity index (χ1v) is 4.13. The van der Waals surface area contributed by atoms with E-state index >= 15 is 0 Å². The molecule has 1 radical (unpaired) electrons. The number of nitrogens with zero attached hydrogens (tertiary/aromatic N) is 1. The first kappa shape index (κ1) is 10.8. The van der Waals surface area contributed by atoms with Gasteiger partial charge in [0.15, 0.2) is 0 Å². The number of hydrogen-bond acceptors (Lipinski definition) is 1. The van der Waals surface area contributed by atoms with Crippen molar-refractivity contribution < 1.29 is 0 Å². The molecule has 1 aromatic heterocycles. The van der Waals surface area contributed by atoms with E-state index in [0.717, 1.165) is 29.7 Å². The van der Waals surface area contributed by atoms with Crippen molar-refractivity contribution in [3.05, 3.63) is 37.0 Å². The van der Waals surface area contributed by atoms with Gasteiger partial charge in [-0.1, -0.05) is 19.1 Å². The molecule has 0 fully saturated rings. The Kier molecular flexibility index (Phi) is 3.97. The van der Waals surface area contributed by atoms with Crippen molar-refractivity contribution >= 4 is 40.6 Å².